The number of phenols is 1. The molecule has 1 amide bonds. The Bertz CT molecular complexity index is 1760. The molecule has 9 nitrogen and oxygen atoms in total. The van der Waals surface area contributed by atoms with Crippen LogP contribution in [-0.2, 0) is 4.79 Å². The number of carbonyl (C=O) groups excluding carboxylic acids is 1. The lowest BCUT2D eigenvalue weighted by atomic mass is 10.00. The summed E-state index contributed by atoms with van der Waals surface area (Å²) < 4.78 is 23.0. The van der Waals surface area contributed by atoms with E-state index in [1.54, 1.807) is 23.2 Å². The van der Waals surface area contributed by atoms with Gasteiger partial charge in [0, 0.05) is 25.8 Å². The number of aromatic hydroxyl groups is 1. The van der Waals surface area contributed by atoms with Crippen molar-refractivity contribution in [3.63, 3.8) is 0 Å². The van der Waals surface area contributed by atoms with Gasteiger partial charge in [-0.05, 0) is 60.4 Å². The maximum atomic E-state index is 15.1. The van der Waals surface area contributed by atoms with E-state index >= 15 is 4.39 Å². The molecule has 0 bridgehead atoms. The van der Waals surface area contributed by atoms with Gasteiger partial charge in [-0.25, -0.2) is 9.18 Å². The first kappa shape index (κ1) is 26.5. The van der Waals surface area contributed by atoms with Gasteiger partial charge in [0.2, 0.25) is 5.91 Å². The van der Waals surface area contributed by atoms with Crippen molar-refractivity contribution in [3.8, 4) is 28.3 Å². The molecule has 2 aliphatic rings. The molecule has 4 aromatic rings. The molecular formula is C31H30FN5O4. The Balaban J connectivity index is 1.68. The molecule has 0 radical (unpaired) electrons. The van der Waals surface area contributed by atoms with Crippen LogP contribution in [0.2, 0.25) is 0 Å². The molecule has 41 heavy (non-hydrogen) atoms. The number of aromatic nitrogens is 3. The third-order valence-electron chi connectivity index (χ3n) is 7.82. The fourth-order valence-electron chi connectivity index (χ4n) is 5.86. The Hall–Kier alpha value is -4.73. The molecule has 1 fully saturated rings. The maximum absolute atomic E-state index is 15.1. The highest BCUT2D eigenvalue weighted by Crippen LogP contribution is 2.43. The number of halogens is 1. The highest BCUT2D eigenvalue weighted by atomic mass is 19.1. The molecule has 1 saturated heterocycles. The lowest BCUT2D eigenvalue weighted by Crippen LogP contribution is -2.56. The average Bonchev–Trinajstić information content (AvgIpc) is 3.10. The zero-order chi connectivity index (χ0) is 29.0. The van der Waals surface area contributed by atoms with Crippen LogP contribution in [0.15, 0.2) is 60.0 Å². The summed E-state index contributed by atoms with van der Waals surface area (Å²) in [7, 11) is 0. The summed E-state index contributed by atoms with van der Waals surface area (Å²) in [6.07, 6.45) is 3.00. The van der Waals surface area contributed by atoms with Crippen molar-refractivity contribution in [1.29, 1.82) is 0 Å². The van der Waals surface area contributed by atoms with Crippen molar-refractivity contribution in [1.82, 2.24) is 19.4 Å². The molecule has 2 aliphatic heterocycles. The lowest BCUT2D eigenvalue weighted by molar-refractivity contribution is -0.126. The van der Waals surface area contributed by atoms with Crippen LogP contribution in [0, 0.1) is 12.7 Å². The number of anilines is 1. The Morgan fingerprint density at radius 2 is 2.05 bits per heavy atom. The summed E-state index contributed by atoms with van der Waals surface area (Å²) in [6.45, 7) is 11.0. The first-order valence-electron chi connectivity index (χ1n) is 13.5. The van der Waals surface area contributed by atoms with Gasteiger partial charge in [-0.3, -0.25) is 14.3 Å². The van der Waals surface area contributed by atoms with Gasteiger partial charge in [-0.15, -0.1) is 0 Å². The lowest BCUT2D eigenvalue weighted by Gasteiger charge is -2.40. The Labute approximate surface area is 236 Å². The predicted molar refractivity (Wildman–Crippen MR) is 154 cm³/mol. The number of fused-ring (bicyclic) bond motifs is 2. The van der Waals surface area contributed by atoms with Gasteiger partial charge < -0.3 is 19.6 Å². The topological polar surface area (TPSA) is 101 Å². The molecule has 6 rings (SSSR count). The third kappa shape index (κ3) is 4.30. The van der Waals surface area contributed by atoms with Crippen molar-refractivity contribution in [2.45, 2.75) is 32.7 Å². The van der Waals surface area contributed by atoms with Crippen molar-refractivity contribution in [2.24, 2.45) is 0 Å². The van der Waals surface area contributed by atoms with Gasteiger partial charge in [0.1, 0.15) is 29.7 Å². The summed E-state index contributed by atoms with van der Waals surface area (Å²) in [4.78, 5) is 39.3. The molecule has 0 spiro atoms. The largest absolute Gasteiger partial charge is 0.507 e. The monoisotopic (exact) mass is 555 g/mol. The highest BCUT2D eigenvalue weighted by Gasteiger charge is 2.36. The molecule has 1 atom stereocenters. The minimum absolute atomic E-state index is 0.00308. The zero-order valence-corrected chi connectivity index (χ0v) is 23.1. The normalized spacial score (nSPS) is 16.4. The number of rotatable bonds is 4. The van der Waals surface area contributed by atoms with Gasteiger partial charge in [-0.2, -0.15) is 4.98 Å². The average molecular weight is 556 g/mol. The van der Waals surface area contributed by atoms with Gasteiger partial charge in [0.05, 0.1) is 33.9 Å². The molecule has 4 heterocycles. The first-order chi connectivity index (χ1) is 19.7. The summed E-state index contributed by atoms with van der Waals surface area (Å²) in [5.41, 5.74) is 2.44. The smallest absolute Gasteiger partial charge is 0.354 e. The zero-order valence-electron chi connectivity index (χ0n) is 23.1. The number of nitrogens with zero attached hydrogens (tertiary/aromatic N) is 5. The standard InChI is InChI=1S/C31H30FN5O4/c1-5-25(39)35-11-12-36-20(15-35)16-41-24-14-19(26-21(32)7-6-8-23(26)38)13-22-27(24)30(36)34-31(40)37(22)29-18(4)9-10-33-28(29)17(2)3/h5-10,13-14,17,20,38H,1,11-12,15-16H2,2-4H3/t20-/m0/s1. The van der Waals surface area contributed by atoms with Gasteiger partial charge >= 0.3 is 5.69 Å². The van der Waals surface area contributed by atoms with Crippen LogP contribution in [-0.4, -0.2) is 62.7 Å². The second-order valence-corrected chi connectivity index (χ2v) is 10.7. The van der Waals surface area contributed by atoms with E-state index in [2.05, 4.69) is 16.5 Å². The van der Waals surface area contributed by atoms with Gasteiger partial charge in [-0.1, -0.05) is 26.5 Å². The summed E-state index contributed by atoms with van der Waals surface area (Å²) in [6, 6.07) is 9.05. The number of pyridine rings is 1. The number of carbonyl (C=O) groups is 1. The molecular weight excluding hydrogens is 525 g/mol. The number of piperazine rings is 1. The predicted octanol–water partition coefficient (Wildman–Crippen LogP) is 4.32. The quantitative estimate of drug-likeness (QED) is 0.375. The SMILES string of the molecule is C=CC(=O)N1CCN2c3nc(=O)n(-c4c(C)ccnc4C(C)C)c4cc(-c5c(O)cccc5F)cc(c34)OC[C@@H]2C1. The van der Waals surface area contributed by atoms with Gasteiger partial charge in [0.25, 0.3) is 0 Å². The second-order valence-electron chi connectivity index (χ2n) is 10.7. The summed E-state index contributed by atoms with van der Waals surface area (Å²) in [5.74, 6) is -0.168. The molecule has 2 aromatic heterocycles. The number of benzene rings is 2. The molecule has 0 unspecified atom stereocenters. The van der Waals surface area contributed by atoms with E-state index in [0.29, 0.717) is 59.0 Å². The van der Waals surface area contributed by atoms with Crippen LogP contribution in [0.4, 0.5) is 10.2 Å². The van der Waals surface area contributed by atoms with Crippen LogP contribution >= 0.6 is 0 Å². The van der Waals surface area contributed by atoms with E-state index in [1.807, 2.05) is 31.7 Å². The number of hydrogen-bond acceptors (Lipinski definition) is 7. The number of hydrogen-bond donors (Lipinski definition) is 1. The highest BCUT2D eigenvalue weighted by molar-refractivity contribution is 6.00. The minimum Gasteiger partial charge on any atom is -0.507 e. The van der Waals surface area contributed by atoms with Crippen LogP contribution in [0.1, 0.15) is 31.0 Å². The fourth-order valence-corrected chi connectivity index (χ4v) is 5.86. The Morgan fingerprint density at radius 1 is 1.24 bits per heavy atom. The second kappa shape index (κ2) is 10.0. The van der Waals surface area contributed by atoms with Crippen LogP contribution < -0.4 is 15.3 Å². The van der Waals surface area contributed by atoms with Gasteiger partial charge in [0.15, 0.2) is 0 Å². The molecule has 2 aromatic carbocycles. The molecule has 1 N–H and O–H groups in total. The number of ether oxygens (including phenoxy) is 1. The molecule has 0 aliphatic carbocycles. The van der Waals surface area contributed by atoms with Crippen LogP contribution in [0.25, 0.3) is 27.7 Å². The third-order valence-corrected chi connectivity index (χ3v) is 7.82. The van der Waals surface area contributed by atoms with E-state index in [4.69, 9.17) is 4.74 Å². The Morgan fingerprint density at radius 3 is 2.78 bits per heavy atom. The van der Waals surface area contributed by atoms with E-state index in [0.717, 1.165) is 5.56 Å². The fraction of sp³-hybridized carbons (Fsp3) is 0.290. The van der Waals surface area contributed by atoms with Crippen molar-refractivity contribution >= 4 is 22.6 Å². The van der Waals surface area contributed by atoms with E-state index in [9.17, 15) is 14.7 Å². The van der Waals surface area contributed by atoms with E-state index in [-0.39, 0.29) is 35.8 Å². The number of phenolic OH excluding ortho intramolecular Hbond substituents is 1. The molecule has 210 valence electrons. The van der Waals surface area contributed by atoms with E-state index < -0.39 is 11.5 Å². The van der Waals surface area contributed by atoms with Crippen molar-refractivity contribution < 1.29 is 19.0 Å². The van der Waals surface area contributed by atoms with E-state index in [1.165, 1.54) is 28.8 Å². The summed E-state index contributed by atoms with van der Waals surface area (Å²) >= 11 is 0. The minimum atomic E-state index is -0.607. The maximum Gasteiger partial charge on any atom is 0.354 e. The van der Waals surface area contributed by atoms with Crippen molar-refractivity contribution in [2.75, 3.05) is 31.1 Å². The summed E-state index contributed by atoms with van der Waals surface area (Å²) in [5, 5.41) is 11.2. The van der Waals surface area contributed by atoms with Crippen LogP contribution in [0.5, 0.6) is 11.5 Å². The number of amides is 1. The molecule has 0 saturated carbocycles. The van der Waals surface area contributed by atoms with Crippen LogP contribution in [0.3, 0.4) is 0 Å². The first-order valence-corrected chi connectivity index (χ1v) is 13.5. The molecule has 10 heteroatoms. The number of aryl methyl sites for hydroxylation is 1. The Kier molecular flexibility index (Phi) is 6.48. The van der Waals surface area contributed by atoms with Crippen molar-refractivity contribution in [3.05, 3.63) is 82.8 Å².